The van der Waals surface area contributed by atoms with Gasteiger partial charge in [0.1, 0.15) is 0 Å². The molecule has 0 aliphatic heterocycles. The van der Waals surface area contributed by atoms with Gasteiger partial charge in [-0.2, -0.15) is 0 Å². The lowest BCUT2D eigenvalue weighted by molar-refractivity contribution is 0.556. The molecular weight excluding hydrogens is 280 g/mol. The van der Waals surface area contributed by atoms with Crippen LogP contribution in [-0.2, 0) is 6.54 Å². The zero-order chi connectivity index (χ0) is 14.7. The highest BCUT2D eigenvalue weighted by Crippen LogP contribution is 2.19. The van der Waals surface area contributed by atoms with Crippen LogP contribution in [0.25, 0.3) is 5.65 Å². The van der Waals surface area contributed by atoms with Crippen molar-refractivity contribution in [2.75, 3.05) is 6.26 Å². The van der Waals surface area contributed by atoms with Crippen LogP contribution in [0.4, 0.5) is 0 Å². The summed E-state index contributed by atoms with van der Waals surface area (Å²) in [7, 11) is 0. The first kappa shape index (κ1) is 14.1. The van der Waals surface area contributed by atoms with Crippen LogP contribution in [0.3, 0.4) is 0 Å². The zero-order valence-electron chi connectivity index (χ0n) is 12.2. The topological polar surface area (TPSA) is 42.2 Å². The van der Waals surface area contributed by atoms with E-state index in [1.807, 2.05) is 28.8 Å². The average molecular weight is 298 g/mol. The van der Waals surface area contributed by atoms with Crippen molar-refractivity contribution in [3.8, 4) is 0 Å². The molecule has 0 saturated carbocycles. The Kier molecular flexibility index (Phi) is 4.22. The van der Waals surface area contributed by atoms with Gasteiger partial charge in [-0.25, -0.2) is 0 Å². The van der Waals surface area contributed by atoms with Gasteiger partial charge >= 0.3 is 0 Å². The number of nitrogens with one attached hydrogen (secondary N) is 1. The molecule has 1 N–H and O–H groups in total. The minimum absolute atomic E-state index is 0.275. The molecule has 1 atom stereocenters. The summed E-state index contributed by atoms with van der Waals surface area (Å²) in [5, 5.41) is 11.9. The number of hydrogen-bond acceptors (Lipinski definition) is 4. The van der Waals surface area contributed by atoms with Crippen molar-refractivity contribution in [2.24, 2.45) is 0 Å². The van der Waals surface area contributed by atoms with Crippen LogP contribution >= 0.6 is 11.8 Å². The molecule has 2 heterocycles. The Morgan fingerprint density at radius 3 is 2.71 bits per heavy atom. The SMILES string of the molecule is CSc1ccc(C(C)NCc2nnc3ccccn23)cc1. The van der Waals surface area contributed by atoms with Crippen molar-refractivity contribution in [2.45, 2.75) is 24.4 Å². The number of nitrogens with zero attached hydrogens (tertiary/aromatic N) is 3. The maximum Gasteiger partial charge on any atom is 0.160 e. The van der Waals surface area contributed by atoms with E-state index in [1.54, 1.807) is 11.8 Å². The molecule has 4 nitrogen and oxygen atoms in total. The van der Waals surface area contributed by atoms with Crippen molar-refractivity contribution < 1.29 is 0 Å². The van der Waals surface area contributed by atoms with E-state index in [9.17, 15) is 0 Å². The molecule has 1 unspecified atom stereocenters. The number of rotatable bonds is 5. The minimum atomic E-state index is 0.275. The number of pyridine rings is 1. The van der Waals surface area contributed by atoms with E-state index >= 15 is 0 Å². The Balaban J connectivity index is 1.68. The predicted molar refractivity (Wildman–Crippen MR) is 86.5 cm³/mol. The molecule has 3 aromatic rings. The van der Waals surface area contributed by atoms with E-state index in [2.05, 4.69) is 53.0 Å². The van der Waals surface area contributed by atoms with E-state index in [1.165, 1.54) is 10.5 Å². The quantitative estimate of drug-likeness (QED) is 0.734. The van der Waals surface area contributed by atoms with Gasteiger partial charge < -0.3 is 5.32 Å². The molecule has 0 bridgehead atoms. The monoisotopic (exact) mass is 298 g/mol. The second kappa shape index (κ2) is 6.28. The van der Waals surface area contributed by atoms with Gasteiger partial charge in [-0.3, -0.25) is 4.40 Å². The van der Waals surface area contributed by atoms with E-state index < -0.39 is 0 Å². The Morgan fingerprint density at radius 2 is 1.95 bits per heavy atom. The molecule has 21 heavy (non-hydrogen) atoms. The number of thioether (sulfide) groups is 1. The first-order chi connectivity index (χ1) is 10.3. The Bertz CT molecular complexity index is 720. The van der Waals surface area contributed by atoms with Crippen LogP contribution in [0, 0.1) is 0 Å². The fourth-order valence-electron chi connectivity index (χ4n) is 2.27. The molecule has 0 aliphatic carbocycles. The Morgan fingerprint density at radius 1 is 1.14 bits per heavy atom. The molecule has 3 rings (SSSR count). The summed E-state index contributed by atoms with van der Waals surface area (Å²) in [6.45, 7) is 2.86. The standard InChI is InChI=1S/C16H18N4S/c1-12(13-6-8-14(21-2)9-7-13)17-11-16-19-18-15-5-3-4-10-20(15)16/h3-10,12,17H,11H2,1-2H3. The van der Waals surface area contributed by atoms with Crippen molar-refractivity contribution in [3.63, 3.8) is 0 Å². The lowest BCUT2D eigenvalue weighted by Crippen LogP contribution is -2.19. The molecule has 108 valence electrons. The molecule has 0 amide bonds. The highest BCUT2D eigenvalue weighted by molar-refractivity contribution is 7.98. The number of benzene rings is 1. The van der Waals surface area contributed by atoms with E-state index in [4.69, 9.17) is 0 Å². The van der Waals surface area contributed by atoms with Crippen LogP contribution in [0.15, 0.2) is 53.6 Å². The number of fused-ring (bicyclic) bond motifs is 1. The van der Waals surface area contributed by atoms with Gasteiger partial charge in [-0.05, 0) is 43.0 Å². The lowest BCUT2D eigenvalue weighted by Gasteiger charge is -2.14. The third-order valence-corrected chi connectivity index (χ3v) is 4.31. The Labute approximate surface area is 128 Å². The van der Waals surface area contributed by atoms with Gasteiger partial charge in [0, 0.05) is 17.1 Å². The molecule has 0 spiro atoms. The molecule has 0 radical (unpaired) electrons. The number of aromatic nitrogens is 3. The molecule has 2 aromatic heterocycles. The molecular formula is C16H18N4S. The largest absolute Gasteiger partial charge is 0.303 e. The zero-order valence-corrected chi connectivity index (χ0v) is 13.0. The van der Waals surface area contributed by atoms with Crippen LogP contribution in [0.1, 0.15) is 24.4 Å². The van der Waals surface area contributed by atoms with Crippen LogP contribution in [0.5, 0.6) is 0 Å². The van der Waals surface area contributed by atoms with Gasteiger partial charge in [0.05, 0.1) is 6.54 Å². The van der Waals surface area contributed by atoms with E-state index in [-0.39, 0.29) is 6.04 Å². The fraction of sp³-hybridized carbons (Fsp3) is 0.250. The maximum atomic E-state index is 4.24. The second-order valence-electron chi connectivity index (χ2n) is 4.92. The predicted octanol–water partition coefficient (Wildman–Crippen LogP) is 3.30. The van der Waals surface area contributed by atoms with Crippen LogP contribution < -0.4 is 5.32 Å². The normalized spacial score (nSPS) is 12.7. The third-order valence-electron chi connectivity index (χ3n) is 3.57. The summed E-state index contributed by atoms with van der Waals surface area (Å²) >= 11 is 1.76. The molecule has 0 saturated heterocycles. The van der Waals surface area contributed by atoms with Gasteiger partial charge in [-0.1, -0.05) is 18.2 Å². The highest BCUT2D eigenvalue weighted by Gasteiger charge is 2.08. The van der Waals surface area contributed by atoms with Crippen molar-refractivity contribution in [1.82, 2.24) is 19.9 Å². The van der Waals surface area contributed by atoms with Crippen molar-refractivity contribution in [3.05, 3.63) is 60.0 Å². The van der Waals surface area contributed by atoms with Crippen molar-refractivity contribution >= 4 is 17.4 Å². The van der Waals surface area contributed by atoms with Crippen molar-refractivity contribution in [1.29, 1.82) is 0 Å². The Hall–Kier alpha value is -1.85. The van der Waals surface area contributed by atoms with E-state index in [0.29, 0.717) is 6.54 Å². The average Bonchev–Trinajstić information content (AvgIpc) is 2.96. The smallest absolute Gasteiger partial charge is 0.160 e. The number of hydrogen-bond donors (Lipinski definition) is 1. The van der Waals surface area contributed by atoms with Gasteiger partial charge in [0.15, 0.2) is 11.5 Å². The summed E-state index contributed by atoms with van der Waals surface area (Å²) in [6, 6.07) is 14.9. The molecule has 0 fully saturated rings. The maximum absolute atomic E-state index is 4.24. The minimum Gasteiger partial charge on any atom is -0.303 e. The first-order valence-corrected chi connectivity index (χ1v) is 8.16. The molecule has 1 aromatic carbocycles. The molecule has 0 aliphatic rings. The lowest BCUT2D eigenvalue weighted by atomic mass is 10.1. The second-order valence-corrected chi connectivity index (χ2v) is 5.80. The van der Waals surface area contributed by atoms with Crippen LogP contribution in [0.2, 0.25) is 0 Å². The summed E-state index contributed by atoms with van der Waals surface area (Å²) < 4.78 is 2.01. The first-order valence-electron chi connectivity index (χ1n) is 6.94. The van der Waals surface area contributed by atoms with Gasteiger partial charge in [-0.15, -0.1) is 22.0 Å². The van der Waals surface area contributed by atoms with Gasteiger partial charge in [0.2, 0.25) is 0 Å². The fourth-order valence-corrected chi connectivity index (χ4v) is 2.67. The summed E-state index contributed by atoms with van der Waals surface area (Å²) in [5.74, 6) is 0.929. The van der Waals surface area contributed by atoms with Gasteiger partial charge in [0.25, 0.3) is 0 Å². The molecule has 5 heteroatoms. The summed E-state index contributed by atoms with van der Waals surface area (Å²) in [5.41, 5.74) is 2.16. The highest BCUT2D eigenvalue weighted by atomic mass is 32.2. The van der Waals surface area contributed by atoms with Crippen LogP contribution in [-0.4, -0.2) is 20.9 Å². The van der Waals surface area contributed by atoms with E-state index in [0.717, 1.165) is 11.5 Å². The summed E-state index contributed by atoms with van der Waals surface area (Å²) in [4.78, 5) is 1.29. The summed E-state index contributed by atoms with van der Waals surface area (Å²) in [6.07, 6.45) is 4.08. The third kappa shape index (κ3) is 3.09.